The molecule has 1 heterocycles. The van der Waals surface area contributed by atoms with Crippen LogP contribution in [0.5, 0.6) is 0 Å². The molecule has 3 atom stereocenters. The zero-order chi connectivity index (χ0) is 15.5. The lowest BCUT2D eigenvalue weighted by molar-refractivity contribution is 0.165. The van der Waals surface area contributed by atoms with Crippen LogP contribution in [0.15, 0.2) is 17.4 Å². The Morgan fingerprint density at radius 1 is 1.33 bits per heavy atom. The van der Waals surface area contributed by atoms with Gasteiger partial charge >= 0.3 is 0 Å². The highest BCUT2D eigenvalue weighted by Gasteiger charge is 2.36. The van der Waals surface area contributed by atoms with E-state index in [-0.39, 0.29) is 0 Å². The summed E-state index contributed by atoms with van der Waals surface area (Å²) in [6.07, 6.45) is 5.71. The number of hydrogen-bond donors (Lipinski definition) is 1. The first-order chi connectivity index (χ1) is 9.90. The van der Waals surface area contributed by atoms with Gasteiger partial charge in [0.1, 0.15) is 0 Å². The molecule has 118 valence electrons. The van der Waals surface area contributed by atoms with Gasteiger partial charge in [-0.05, 0) is 50.1 Å². The maximum atomic E-state index is 4.57. The highest BCUT2D eigenvalue weighted by molar-refractivity contribution is 7.99. The van der Waals surface area contributed by atoms with Crippen LogP contribution in [0.25, 0.3) is 0 Å². The summed E-state index contributed by atoms with van der Waals surface area (Å²) in [7, 11) is 0. The number of rotatable bonds is 4. The zero-order valence-corrected chi connectivity index (χ0v) is 14.8. The predicted molar refractivity (Wildman–Crippen MR) is 90.7 cm³/mol. The molecule has 1 aromatic rings. The second kappa shape index (κ2) is 7.10. The molecule has 2 rings (SSSR count). The van der Waals surface area contributed by atoms with Crippen molar-refractivity contribution < 1.29 is 0 Å². The Bertz CT molecular complexity index is 456. The first-order valence-electron chi connectivity index (χ1n) is 8.10. The Morgan fingerprint density at radius 2 is 2.10 bits per heavy atom. The molecule has 0 saturated heterocycles. The van der Waals surface area contributed by atoms with Crippen LogP contribution in [0.2, 0.25) is 0 Å². The Balaban J connectivity index is 2.10. The van der Waals surface area contributed by atoms with Crippen molar-refractivity contribution in [2.75, 3.05) is 6.54 Å². The smallest absolute Gasteiger partial charge is 0.188 e. The molecule has 0 bridgehead atoms. The summed E-state index contributed by atoms with van der Waals surface area (Å²) in [5.74, 6) is 0.787. The highest BCUT2D eigenvalue weighted by Crippen LogP contribution is 2.42. The fourth-order valence-electron chi connectivity index (χ4n) is 3.16. The molecular formula is C17H29N3S. The van der Waals surface area contributed by atoms with E-state index >= 15 is 0 Å². The van der Waals surface area contributed by atoms with Crippen molar-refractivity contribution in [2.45, 2.75) is 70.3 Å². The van der Waals surface area contributed by atoms with Crippen molar-refractivity contribution in [1.29, 1.82) is 0 Å². The topological polar surface area (TPSA) is 37.8 Å². The van der Waals surface area contributed by atoms with Crippen LogP contribution in [-0.2, 0) is 0 Å². The SMILES string of the molecule is CCNC1CCC(C(C)(C)C)CC1Sc1nccc(C)n1. The lowest BCUT2D eigenvalue weighted by atomic mass is 9.71. The number of aryl methyl sites for hydroxylation is 1. The van der Waals surface area contributed by atoms with Crippen molar-refractivity contribution >= 4 is 11.8 Å². The van der Waals surface area contributed by atoms with Gasteiger partial charge in [-0.2, -0.15) is 0 Å². The molecule has 1 N–H and O–H groups in total. The Hall–Kier alpha value is -0.610. The van der Waals surface area contributed by atoms with E-state index in [2.05, 4.69) is 43.0 Å². The van der Waals surface area contributed by atoms with Gasteiger partial charge in [0, 0.05) is 23.2 Å². The molecule has 0 aromatic carbocycles. The van der Waals surface area contributed by atoms with Crippen molar-refractivity contribution in [3.8, 4) is 0 Å². The summed E-state index contributed by atoms with van der Waals surface area (Å²) in [4.78, 5) is 9.01. The van der Waals surface area contributed by atoms with Crippen molar-refractivity contribution in [1.82, 2.24) is 15.3 Å². The molecule has 1 saturated carbocycles. The fourth-order valence-corrected chi connectivity index (χ4v) is 4.47. The minimum absolute atomic E-state index is 0.392. The third kappa shape index (κ3) is 4.68. The first kappa shape index (κ1) is 16.8. The van der Waals surface area contributed by atoms with Gasteiger partial charge in [0.15, 0.2) is 5.16 Å². The average Bonchev–Trinajstić information content (AvgIpc) is 2.40. The lowest BCUT2D eigenvalue weighted by Crippen LogP contribution is -2.44. The molecule has 0 amide bonds. The Kier molecular flexibility index (Phi) is 5.67. The van der Waals surface area contributed by atoms with E-state index in [0.29, 0.717) is 16.7 Å². The van der Waals surface area contributed by atoms with Crippen LogP contribution in [-0.4, -0.2) is 27.8 Å². The minimum atomic E-state index is 0.392. The highest BCUT2D eigenvalue weighted by atomic mass is 32.2. The van der Waals surface area contributed by atoms with Crippen LogP contribution in [0, 0.1) is 18.3 Å². The van der Waals surface area contributed by atoms with Gasteiger partial charge in [0.25, 0.3) is 0 Å². The summed E-state index contributed by atoms with van der Waals surface area (Å²) < 4.78 is 0. The lowest BCUT2D eigenvalue weighted by Gasteiger charge is -2.41. The number of hydrogen-bond acceptors (Lipinski definition) is 4. The molecule has 1 aromatic heterocycles. The molecule has 3 nitrogen and oxygen atoms in total. The van der Waals surface area contributed by atoms with Gasteiger partial charge in [0.2, 0.25) is 0 Å². The average molecular weight is 308 g/mol. The van der Waals surface area contributed by atoms with Gasteiger partial charge in [0.05, 0.1) is 0 Å². The van der Waals surface area contributed by atoms with E-state index in [1.807, 2.05) is 30.9 Å². The molecule has 4 heteroatoms. The van der Waals surface area contributed by atoms with E-state index in [0.717, 1.165) is 23.3 Å². The number of nitrogens with zero attached hydrogens (tertiary/aromatic N) is 2. The van der Waals surface area contributed by atoms with E-state index in [4.69, 9.17) is 0 Å². The molecule has 1 fully saturated rings. The molecule has 3 unspecified atom stereocenters. The van der Waals surface area contributed by atoms with Gasteiger partial charge in [-0.3, -0.25) is 0 Å². The van der Waals surface area contributed by atoms with Gasteiger partial charge in [-0.25, -0.2) is 9.97 Å². The Labute approximate surface area is 133 Å². The van der Waals surface area contributed by atoms with Gasteiger partial charge in [-0.15, -0.1) is 0 Å². The van der Waals surface area contributed by atoms with Gasteiger partial charge < -0.3 is 5.32 Å². The minimum Gasteiger partial charge on any atom is -0.313 e. The number of nitrogens with one attached hydrogen (secondary N) is 1. The Morgan fingerprint density at radius 3 is 2.71 bits per heavy atom. The van der Waals surface area contributed by atoms with Crippen LogP contribution in [0.3, 0.4) is 0 Å². The monoisotopic (exact) mass is 307 g/mol. The van der Waals surface area contributed by atoms with Crippen molar-refractivity contribution in [3.05, 3.63) is 18.0 Å². The summed E-state index contributed by atoms with van der Waals surface area (Å²) in [6.45, 7) is 12.4. The summed E-state index contributed by atoms with van der Waals surface area (Å²) in [5.41, 5.74) is 1.44. The van der Waals surface area contributed by atoms with Crippen LogP contribution in [0.4, 0.5) is 0 Å². The second-order valence-corrected chi connectivity index (χ2v) is 8.38. The second-order valence-electron chi connectivity index (χ2n) is 7.18. The molecule has 1 aliphatic carbocycles. The molecule has 0 aliphatic heterocycles. The van der Waals surface area contributed by atoms with Crippen LogP contribution >= 0.6 is 11.8 Å². The molecule has 0 spiro atoms. The maximum absolute atomic E-state index is 4.57. The standard InChI is InChI=1S/C17H29N3S/c1-6-18-14-8-7-13(17(3,4)5)11-15(14)21-16-19-10-9-12(2)20-16/h9-10,13-15,18H,6-8,11H2,1-5H3. The van der Waals surface area contributed by atoms with E-state index in [1.54, 1.807) is 0 Å². The molecule has 0 radical (unpaired) electrons. The molecule has 21 heavy (non-hydrogen) atoms. The number of thioether (sulfide) groups is 1. The normalized spacial score (nSPS) is 26.8. The zero-order valence-electron chi connectivity index (χ0n) is 14.0. The fraction of sp³-hybridized carbons (Fsp3) is 0.765. The molecular weight excluding hydrogens is 278 g/mol. The van der Waals surface area contributed by atoms with Gasteiger partial charge in [-0.1, -0.05) is 39.5 Å². The maximum Gasteiger partial charge on any atom is 0.188 e. The largest absolute Gasteiger partial charge is 0.313 e. The van der Waals surface area contributed by atoms with E-state index in [1.165, 1.54) is 19.3 Å². The van der Waals surface area contributed by atoms with E-state index < -0.39 is 0 Å². The third-order valence-corrected chi connectivity index (χ3v) is 5.74. The quantitative estimate of drug-likeness (QED) is 0.851. The third-order valence-electron chi connectivity index (χ3n) is 4.51. The van der Waals surface area contributed by atoms with Crippen molar-refractivity contribution in [2.24, 2.45) is 11.3 Å². The number of aromatic nitrogens is 2. The summed E-state index contributed by atoms with van der Waals surface area (Å²) >= 11 is 1.86. The summed E-state index contributed by atoms with van der Waals surface area (Å²) in [6, 6.07) is 2.55. The van der Waals surface area contributed by atoms with Crippen LogP contribution in [0.1, 0.15) is 52.7 Å². The van der Waals surface area contributed by atoms with Crippen molar-refractivity contribution in [3.63, 3.8) is 0 Å². The predicted octanol–water partition coefficient (Wildman–Crippen LogP) is 4.07. The molecule has 1 aliphatic rings. The summed E-state index contributed by atoms with van der Waals surface area (Å²) in [5, 5.41) is 5.17. The van der Waals surface area contributed by atoms with E-state index in [9.17, 15) is 0 Å². The van der Waals surface area contributed by atoms with Crippen LogP contribution < -0.4 is 5.32 Å². The first-order valence-corrected chi connectivity index (χ1v) is 8.97.